The molecule has 160 valence electrons. The molecule has 1 aliphatic rings. The number of pyridine rings is 1. The lowest BCUT2D eigenvalue weighted by Gasteiger charge is -2.15. The molecule has 0 spiro atoms. The Morgan fingerprint density at radius 3 is 2.61 bits per heavy atom. The van der Waals surface area contributed by atoms with Gasteiger partial charge in [0, 0.05) is 29.1 Å². The van der Waals surface area contributed by atoms with E-state index in [9.17, 15) is 14.7 Å². The van der Waals surface area contributed by atoms with Crippen molar-refractivity contribution in [1.82, 2.24) is 9.88 Å². The van der Waals surface area contributed by atoms with Gasteiger partial charge in [-0.1, -0.05) is 12.1 Å². The third-order valence-corrected chi connectivity index (χ3v) is 5.51. The van der Waals surface area contributed by atoms with Gasteiger partial charge in [-0.15, -0.1) is 0 Å². The number of hydrogen-bond acceptors (Lipinski definition) is 6. The van der Waals surface area contributed by atoms with Crippen LogP contribution in [0.15, 0.2) is 48.7 Å². The van der Waals surface area contributed by atoms with Crippen LogP contribution in [0.3, 0.4) is 0 Å². The van der Waals surface area contributed by atoms with Gasteiger partial charge in [0.25, 0.3) is 0 Å². The molecule has 4 rings (SSSR count). The van der Waals surface area contributed by atoms with Gasteiger partial charge in [0.1, 0.15) is 23.8 Å². The first-order chi connectivity index (χ1) is 15.1. The summed E-state index contributed by atoms with van der Waals surface area (Å²) in [5, 5.41) is 10.4. The maximum Gasteiger partial charge on any atom is 0.337 e. The van der Waals surface area contributed by atoms with Crippen molar-refractivity contribution in [1.29, 1.82) is 0 Å². The topological polar surface area (TPSA) is 89.0 Å². The van der Waals surface area contributed by atoms with Crippen LogP contribution in [-0.4, -0.2) is 60.1 Å². The maximum absolute atomic E-state index is 13.2. The van der Waals surface area contributed by atoms with Crippen LogP contribution in [0.5, 0.6) is 11.5 Å². The van der Waals surface area contributed by atoms with Crippen LogP contribution < -0.4 is 9.47 Å². The number of benzene rings is 2. The highest BCUT2D eigenvalue weighted by Crippen LogP contribution is 2.28. The Hall–Kier alpha value is -3.45. The molecule has 3 aromatic rings. The Morgan fingerprint density at radius 1 is 1.06 bits per heavy atom. The largest absolute Gasteiger partial charge is 0.497 e. The lowest BCUT2D eigenvalue weighted by molar-refractivity contribution is 0.0698. The molecule has 0 amide bonds. The summed E-state index contributed by atoms with van der Waals surface area (Å²) >= 11 is 0. The molecule has 0 aliphatic carbocycles. The Balaban J connectivity index is 1.68. The molecule has 1 saturated heterocycles. The van der Waals surface area contributed by atoms with Gasteiger partial charge in [-0.3, -0.25) is 14.7 Å². The van der Waals surface area contributed by atoms with E-state index in [0.29, 0.717) is 34.4 Å². The SMILES string of the molecule is COc1cccc(C(=O)c2ncc(C(=O)O)c3ccc(OCCN4CCCC4)cc23)c1. The van der Waals surface area contributed by atoms with E-state index in [-0.39, 0.29) is 17.0 Å². The van der Waals surface area contributed by atoms with E-state index in [2.05, 4.69) is 9.88 Å². The Morgan fingerprint density at radius 2 is 1.87 bits per heavy atom. The van der Waals surface area contributed by atoms with Crippen LogP contribution in [0, 0.1) is 0 Å². The maximum atomic E-state index is 13.2. The standard InChI is InChI=1S/C24H24N2O5/c1-30-17-6-4-5-16(13-17)23(27)22-20-14-18(31-12-11-26-9-2-3-10-26)7-8-19(20)21(15-25-22)24(28)29/h4-8,13-15H,2-3,9-12H2,1H3,(H,28,29). The average molecular weight is 420 g/mol. The average Bonchev–Trinajstić information content (AvgIpc) is 3.31. The number of nitrogens with zero attached hydrogens (tertiary/aromatic N) is 2. The van der Waals surface area contributed by atoms with E-state index >= 15 is 0 Å². The third kappa shape index (κ3) is 4.51. The normalized spacial score (nSPS) is 14.0. The Bertz CT molecular complexity index is 1120. The number of fused-ring (bicyclic) bond motifs is 1. The predicted octanol–water partition coefficient (Wildman–Crippen LogP) is 3.65. The molecule has 7 nitrogen and oxygen atoms in total. The van der Waals surface area contributed by atoms with Crippen molar-refractivity contribution in [2.24, 2.45) is 0 Å². The molecular formula is C24H24N2O5. The minimum atomic E-state index is -1.10. The molecule has 1 aliphatic heterocycles. The molecule has 7 heteroatoms. The van der Waals surface area contributed by atoms with Gasteiger partial charge >= 0.3 is 5.97 Å². The van der Waals surface area contributed by atoms with Crippen LogP contribution in [0.4, 0.5) is 0 Å². The molecule has 1 aromatic heterocycles. The number of rotatable bonds is 8. The van der Waals surface area contributed by atoms with Gasteiger partial charge < -0.3 is 14.6 Å². The van der Waals surface area contributed by atoms with Crippen molar-refractivity contribution >= 4 is 22.5 Å². The van der Waals surface area contributed by atoms with E-state index in [1.54, 1.807) is 42.5 Å². The van der Waals surface area contributed by atoms with Gasteiger partial charge in [-0.2, -0.15) is 0 Å². The highest BCUT2D eigenvalue weighted by Gasteiger charge is 2.20. The van der Waals surface area contributed by atoms with Crippen LogP contribution >= 0.6 is 0 Å². The summed E-state index contributed by atoms with van der Waals surface area (Å²) in [6.45, 7) is 3.54. The van der Waals surface area contributed by atoms with Crippen LogP contribution in [0.25, 0.3) is 10.8 Å². The number of carboxylic acids is 1. The summed E-state index contributed by atoms with van der Waals surface area (Å²) in [7, 11) is 1.53. The van der Waals surface area contributed by atoms with E-state index < -0.39 is 5.97 Å². The first kappa shape index (κ1) is 20.8. The molecule has 0 unspecified atom stereocenters. The summed E-state index contributed by atoms with van der Waals surface area (Å²) in [6, 6.07) is 11.9. The number of aromatic nitrogens is 1. The smallest absolute Gasteiger partial charge is 0.337 e. The summed E-state index contributed by atoms with van der Waals surface area (Å²) in [6.07, 6.45) is 3.66. The predicted molar refractivity (Wildman–Crippen MR) is 116 cm³/mol. The molecule has 0 radical (unpaired) electrons. The van der Waals surface area contributed by atoms with Crippen molar-refractivity contribution in [2.45, 2.75) is 12.8 Å². The zero-order chi connectivity index (χ0) is 21.8. The van der Waals surface area contributed by atoms with E-state index in [1.165, 1.54) is 26.1 Å². The third-order valence-electron chi connectivity index (χ3n) is 5.51. The highest BCUT2D eigenvalue weighted by atomic mass is 16.5. The lowest BCUT2D eigenvalue weighted by Crippen LogP contribution is -2.25. The molecule has 1 fully saturated rings. The second-order valence-corrected chi connectivity index (χ2v) is 7.49. The Labute approximate surface area is 180 Å². The number of ether oxygens (including phenoxy) is 2. The molecule has 0 saturated carbocycles. The number of aromatic carboxylic acids is 1. The van der Waals surface area contributed by atoms with E-state index in [1.807, 2.05) is 0 Å². The number of carboxylic acid groups (broad SMARTS) is 1. The quantitative estimate of drug-likeness (QED) is 0.557. The summed E-state index contributed by atoms with van der Waals surface area (Å²) in [5.74, 6) is -0.269. The summed E-state index contributed by atoms with van der Waals surface area (Å²) in [5.41, 5.74) is 0.635. The second-order valence-electron chi connectivity index (χ2n) is 7.49. The van der Waals surface area contributed by atoms with E-state index in [0.717, 1.165) is 19.6 Å². The van der Waals surface area contributed by atoms with Gasteiger partial charge in [0.15, 0.2) is 0 Å². The molecule has 0 atom stereocenters. The fraction of sp³-hybridized carbons (Fsp3) is 0.292. The molecular weight excluding hydrogens is 396 g/mol. The fourth-order valence-corrected chi connectivity index (χ4v) is 3.86. The lowest BCUT2D eigenvalue weighted by atomic mass is 9.99. The Kier molecular flexibility index (Phi) is 6.13. The number of carbonyl (C=O) groups excluding carboxylic acids is 1. The monoisotopic (exact) mass is 420 g/mol. The van der Waals surface area contributed by atoms with Crippen LogP contribution in [-0.2, 0) is 0 Å². The summed E-state index contributed by atoms with van der Waals surface area (Å²) in [4.78, 5) is 31.4. The molecule has 31 heavy (non-hydrogen) atoms. The van der Waals surface area contributed by atoms with Gasteiger partial charge in [0.05, 0.1) is 12.7 Å². The molecule has 2 aromatic carbocycles. The fourth-order valence-electron chi connectivity index (χ4n) is 3.86. The van der Waals surface area contributed by atoms with Crippen molar-refractivity contribution in [3.05, 3.63) is 65.5 Å². The molecule has 0 bridgehead atoms. The van der Waals surface area contributed by atoms with Crippen molar-refractivity contribution in [2.75, 3.05) is 33.4 Å². The van der Waals surface area contributed by atoms with Gasteiger partial charge in [0.2, 0.25) is 5.78 Å². The zero-order valence-electron chi connectivity index (χ0n) is 17.3. The minimum absolute atomic E-state index is 0.0424. The number of carbonyl (C=O) groups is 2. The number of ketones is 1. The van der Waals surface area contributed by atoms with Crippen molar-refractivity contribution < 1.29 is 24.2 Å². The number of methoxy groups -OCH3 is 1. The molecule has 2 heterocycles. The van der Waals surface area contributed by atoms with Crippen molar-refractivity contribution in [3.63, 3.8) is 0 Å². The first-order valence-corrected chi connectivity index (χ1v) is 10.3. The second kappa shape index (κ2) is 9.14. The number of hydrogen-bond donors (Lipinski definition) is 1. The van der Waals surface area contributed by atoms with Crippen LogP contribution in [0.1, 0.15) is 39.3 Å². The van der Waals surface area contributed by atoms with E-state index in [4.69, 9.17) is 9.47 Å². The van der Waals surface area contributed by atoms with Crippen molar-refractivity contribution in [3.8, 4) is 11.5 Å². The van der Waals surface area contributed by atoms with Gasteiger partial charge in [-0.05, 0) is 56.3 Å². The summed E-state index contributed by atoms with van der Waals surface area (Å²) < 4.78 is 11.1. The van der Waals surface area contributed by atoms with Gasteiger partial charge in [-0.25, -0.2) is 4.79 Å². The highest BCUT2D eigenvalue weighted by molar-refractivity contribution is 6.17. The first-order valence-electron chi connectivity index (χ1n) is 10.3. The number of likely N-dealkylation sites (tertiary alicyclic amines) is 1. The van der Waals surface area contributed by atoms with Crippen LogP contribution in [0.2, 0.25) is 0 Å². The zero-order valence-corrected chi connectivity index (χ0v) is 17.3. The minimum Gasteiger partial charge on any atom is -0.497 e. The molecule has 1 N–H and O–H groups in total.